The van der Waals surface area contributed by atoms with Gasteiger partial charge in [0.2, 0.25) is 5.69 Å². The summed E-state index contributed by atoms with van der Waals surface area (Å²) in [6.07, 6.45) is 1.62. The summed E-state index contributed by atoms with van der Waals surface area (Å²) < 4.78 is 0.905. The fourth-order valence-electron chi connectivity index (χ4n) is 2.14. The van der Waals surface area contributed by atoms with E-state index < -0.39 is 0 Å². The largest absolute Gasteiger partial charge is 0.618 e. The van der Waals surface area contributed by atoms with Gasteiger partial charge in [-0.25, -0.2) is 0 Å². The van der Waals surface area contributed by atoms with E-state index in [9.17, 15) is 5.21 Å². The quantitative estimate of drug-likeness (QED) is 0.290. The molecule has 0 spiro atoms. The van der Waals surface area contributed by atoms with Gasteiger partial charge in [-0.15, -0.1) is 0 Å². The second-order valence-corrected chi connectivity index (χ2v) is 4.36. The Hall–Kier alpha value is -2.61. The van der Waals surface area contributed by atoms with E-state index in [0.29, 0.717) is 5.69 Å². The molecule has 0 amide bonds. The monoisotopic (exact) mass is 247 g/mol. The van der Waals surface area contributed by atoms with Gasteiger partial charge in [0.05, 0.1) is 0 Å². The third kappa shape index (κ3) is 2.33. The van der Waals surface area contributed by atoms with Gasteiger partial charge in [-0.05, 0) is 16.8 Å². The van der Waals surface area contributed by atoms with Gasteiger partial charge in [-0.2, -0.15) is 4.74 Å². The first-order valence-corrected chi connectivity index (χ1v) is 6.19. The zero-order valence-electron chi connectivity index (χ0n) is 10.4. The zero-order valence-corrected chi connectivity index (χ0v) is 10.4. The summed E-state index contributed by atoms with van der Waals surface area (Å²) >= 11 is 0. The van der Waals surface area contributed by atoms with E-state index >= 15 is 0 Å². The SMILES string of the molecule is [O-][N+](=Cc1cccc2ccccc12)c1ccccc1. The molecule has 92 valence electrons. The number of para-hydroxylation sites is 1. The van der Waals surface area contributed by atoms with Gasteiger partial charge >= 0.3 is 0 Å². The summed E-state index contributed by atoms with van der Waals surface area (Å²) in [5.74, 6) is 0. The molecule has 0 aromatic heterocycles. The summed E-state index contributed by atoms with van der Waals surface area (Å²) in [5.41, 5.74) is 1.56. The van der Waals surface area contributed by atoms with Crippen LogP contribution in [0.15, 0.2) is 72.8 Å². The highest BCUT2D eigenvalue weighted by atomic mass is 16.5. The van der Waals surface area contributed by atoms with Crippen molar-refractivity contribution in [2.24, 2.45) is 0 Å². The van der Waals surface area contributed by atoms with Gasteiger partial charge in [-0.1, -0.05) is 54.6 Å². The molecule has 0 saturated heterocycles. The Bertz CT molecular complexity index is 727. The van der Waals surface area contributed by atoms with Crippen molar-refractivity contribution in [3.05, 3.63) is 83.6 Å². The molecule has 0 bridgehead atoms. The van der Waals surface area contributed by atoms with E-state index in [0.717, 1.165) is 21.1 Å². The Morgan fingerprint density at radius 3 is 2.26 bits per heavy atom. The Labute approximate surface area is 111 Å². The molecule has 19 heavy (non-hydrogen) atoms. The summed E-state index contributed by atoms with van der Waals surface area (Å²) in [4.78, 5) is 0. The van der Waals surface area contributed by atoms with Gasteiger partial charge < -0.3 is 5.21 Å². The second kappa shape index (κ2) is 4.94. The van der Waals surface area contributed by atoms with Crippen LogP contribution < -0.4 is 0 Å². The Kier molecular flexibility index (Phi) is 2.99. The average molecular weight is 247 g/mol. The number of hydrogen-bond donors (Lipinski definition) is 0. The zero-order chi connectivity index (χ0) is 13.1. The Morgan fingerprint density at radius 1 is 0.737 bits per heavy atom. The Balaban J connectivity index is 2.11. The second-order valence-electron chi connectivity index (χ2n) is 4.36. The van der Waals surface area contributed by atoms with Crippen molar-refractivity contribution in [3.63, 3.8) is 0 Å². The van der Waals surface area contributed by atoms with Crippen molar-refractivity contribution in [3.8, 4) is 0 Å². The van der Waals surface area contributed by atoms with Crippen LogP contribution in [0.2, 0.25) is 0 Å². The molecule has 3 aromatic rings. The topological polar surface area (TPSA) is 26.1 Å². The van der Waals surface area contributed by atoms with Crippen molar-refractivity contribution >= 4 is 22.7 Å². The standard InChI is InChI=1S/C17H13NO/c19-18(16-10-2-1-3-11-16)13-15-9-6-8-14-7-4-5-12-17(14)15/h1-13H. The fourth-order valence-corrected chi connectivity index (χ4v) is 2.14. The fraction of sp³-hybridized carbons (Fsp3) is 0. The lowest BCUT2D eigenvalue weighted by Gasteiger charge is -2.04. The summed E-state index contributed by atoms with van der Waals surface area (Å²) in [6, 6.07) is 23.2. The highest BCUT2D eigenvalue weighted by molar-refractivity contribution is 5.98. The molecule has 2 nitrogen and oxygen atoms in total. The van der Waals surface area contributed by atoms with Crippen LogP contribution in [0, 0.1) is 5.21 Å². The van der Waals surface area contributed by atoms with Gasteiger partial charge in [0.1, 0.15) is 0 Å². The van der Waals surface area contributed by atoms with Gasteiger partial charge in [0.25, 0.3) is 0 Å². The van der Waals surface area contributed by atoms with Crippen molar-refractivity contribution in [2.45, 2.75) is 0 Å². The van der Waals surface area contributed by atoms with Gasteiger partial charge in [0, 0.05) is 17.7 Å². The number of rotatable bonds is 2. The molecule has 0 aliphatic rings. The minimum atomic E-state index is 0.635. The lowest BCUT2D eigenvalue weighted by atomic mass is 10.1. The number of hydrogen-bond acceptors (Lipinski definition) is 1. The molecule has 0 unspecified atom stereocenters. The number of nitrogens with zero attached hydrogens (tertiary/aromatic N) is 1. The first-order valence-electron chi connectivity index (χ1n) is 6.19. The van der Waals surface area contributed by atoms with Crippen LogP contribution in [0.3, 0.4) is 0 Å². The van der Waals surface area contributed by atoms with Crippen LogP contribution in [0.4, 0.5) is 5.69 Å². The van der Waals surface area contributed by atoms with Crippen molar-refractivity contribution < 1.29 is 4.74 Å². The summed E-state index contributed by atoms with van der Waals surface area (Å²) in [5, 5.41) is 14.3. The lowest BCUT2D eigenvalue weighted by molar-refractivity contribution is -0.354. The third-order valence-corrected chi connectivity index (χ3v) is 3.09. The first-order chi connectivity index (χ1) is 9.34. The van der Waals surface area contributed by atoms with E-state index in [1.54, 1.807) is 18.3 Å². The predicted octanol–water partition coefficient (Wildman–Crippen LogP) is 4.10. The van der Waals surface area contributed by atoms with Crippen LogP contribution in [0.25, 0.3) is 10.8 Å². The molecule has 0 fully saturated rings. The van der Waals surface area contributed by atoms with E-state index in [4.69, 9.17) is 0 Å². The highest BCUT2D eigenvalue weighted by Crippen LogP contribution is 2.18. The molecule has 3 aromatic carbocycles. The van der Waals surface area contributed by atoms with Crippen molar-refractivity contribution in [1.82, 2.24) is 0 Å². The summed E-state index contributed by atoms with van der Waals surface area (Å²) in [6.45, 7) is 0. The van der Waals surface area contributed by atoms with Crippen molar-refractivity contribution in [2.75, 3.05) is 0 Å². The number of benzene rings is 3. The van der Waals surface area contributed by atoms with Crippen molar-refractivity contribution in [1.29, 1.82) is 0 Å². The van der Waals surface area contributed by atoms with E-state index in [-0.39, 0.29) is 0 Å². The molecule has 0 saturated carbocycles. The smallest absolute Gasteiger partial charge is 0.216 e. The summed E-state index contributed by atoms with van der Waals surface area (Å²) in [7, 11) is 0. The van der Waals surface area contributed by atoms with Crippen LogP contribution >= 0.6 is 0 Å². The average Bonchev–Trinajstić information content (AvgIpc) is 2.48. The van der Waals surface area contributed by atoms with Gasteiger partial charge in [0.15, 0.2) is 6.21 Å². The maximum absolute atomic E-state index is 12.1. The van der Waals surface area contributed by atoms with Crippen LogP contribution in [0.5, 0.6) is 0 Å². The lowest BCUT2D eigenvalue weighted by Crippen LogP contribution is -1.99. The molecule has 2 heteroatoms. The maximum atomic E-state index is 12.1. The third-order valence-electron chi connectivity index (χ3n) is 3.09. The predicted molar refractivity (Wildman–Crippen MR) is 78.8 cm³/mol. The first kappa shape index (κ1) is 11.5. The minimum absolute atomic E-state index is 0.635. The van der Waals surface area contributed by atoms with Crippen LogP contribution in [0.1, 0.15) is 5.56 Å². The van der Waals surface area contributed by atoms with E-state index in [1.165, 1.54) is 0 Å². The molecule has 0 aliphatic heterocycles. The molecule has 0 radical (unpaired) electrons. The van der Waals surface area contributed by atoms with Gasteiger partial charge in [-0.3, -0.25) is 0 Å². The Morgan fingerprint density at radius 2 is 1.42 bits per heavy atom. The van der Waals surface area contributed by atoms with Crippen LogP contribution in [-0.2, 0) is 0 Å². The minimum Gasteiger partial charge on any atom is -0.618 e. The molecular weight excluding hydrogens is 234 g/mol. The maximum Gasteiger partial charge on any atom is 0.216 e. The van der Waals surface area contributed by atoms with E-state index in [1.807, 2.05) is 60.7 Å². The molecule has 0 N–H and O–H groups in total. The molecule has 3 rings (SSSR count). The number of fused-ring (bicyclic) bond motifs is 1. The molecule has 0 atom stereocenters. The molecule has 0 aliphatic carbocycles. The highest BCUT2D eigenvalue weighted by Gasteiger charge is 2.03. The van der Waals surface area contributed by atoms with Crippen LogP contribution in [-0.4, -0.2) is 11.0 Å². The normalized spacial score (nSPS) is 11.7. The molecule has 0 heterocycles. The van der Waals surface area contributed by atoms with E-state index in [2.05, 4.69) is 0 Å². The molecular formula is C17H13NO.